The van der Waals surface area contributed by atoms with E-state index in [9.17, 15) is 9.59 Å². The second kappa shape index (κ2) is 6.73. The molecule has 4 rings (SSSR count). The zero-order valence-electron chi connectivity index (χ0n) is 14.8. The van der Waals surface area contributed by atoms with Crippen LogP contribution in [0.5, 0.6) is 0 Å². The second-order valence-corrected chi connectivity index (χ2v) is 7.70. The van der Waals surface area contributed by atoms with E-state index in [4.69, 9.17) is 10.00 Å². The summed E-state index contributed by atoms with van der Waals surface area (Å²) in [6.45, 7) is 3.56. The maximum Gasteiger partial charge on any atom is 0.254 e. The average molecular weight is 353 g/mol. The zero-order chi connectivity index (χ0) is 18.1. The highest BCUT2D eigenvalue weighted by Gasteiger charge is 2.48. The van der Waals surface area contributed by atoms with E-state index < -0.39 is 0 Å². The fourth-order valence-electron chi connectivity index (χ4n) is 4.22. The molecule has 1 atom stereocenters. The fraction of sp³-hybridized carbons (Fsp3) is 0.550. The summed E-state index contributed by atoms with van der Waals surface area (Å²) in [5.41, 5.74) is 0.841. The largest absolute Gasteiger partial charge is 0.371 e. The third-order valence-corrected chi connectivity index (χ3v) is 5.77. The van der Waals surface area contributed by atoms with Crippen LogP contribution in [0.3, 0.4) is 0 Å². The molecule has 6 nitrogen and oxygen atoms in total. The van der Waals surface area contributed by atoms with Gasteiger partial charge in [-0.15, -0.1) is 0 Å². The van der Waals surface area contributed by atoms with E-state index in [1.807, 2.05) is 4.90 Å². The van der Waals surface area contributed by atoms with Crippen LogP contribution in [0, 0.1) is 17.2 Å². The van der Waals surface area contributed by atoms with Crippen molar-refractivity contribution in [3.63, 3.8) is 0 Å². The van der Waals surface area contributed by atoms with Crippen LogP contribution in [0.15, 0.2) is 24.3 Å². The van der Waals surface area contributed by atoms with Crippen molar-refractivity contribution in [2.24, 2.45) is 5.92 Å². The van der Waals surface area contributed by atoms with Crippen molar-refractivity contribution in [1.29, 1.82) is 5.26 Å². The Hall–Kier alpha value is -2.39. The summed E-state index contributed by atoms with van der Waals surface area (Å²) in [6.07, 6.45) is 3.62. The van der Waals surface area contributed by atoms with Gasteiger partial charge in [-0.3, -0.25) is 9.59 Å². The average Bonchev–Trinajstić information content (AvgIpc) is 3.05. The minimum atomic E-state index is -0.214. The quantitative estimate of drug-likeness (QED) is 0.831. The van der Waals surface area contributed by atoms with Crippen LogP contribution in [-0.4, -0.2) is 60.0 Å². The fourth-order valence-corrected chi connectivity index (χ4v) is 4.22. The van der Waals surface area contributed by atoms with Crippen molar-refractivity contribution in [3.05, 3.63) is 35.4 Å². The number of likely N-dealkylation sites (tertiary alicyclic amines) is 2. The van der Waals surface area contributed by atoms with Gasteiger partial charge in [-0.2, -0.15) is 5.26 Å². The predicted octanol–water partition coefficient (Wildman–Crippen LogP) is 1.80. The molecule has 1 unspecified atom stereocenters. The van der Waals surface area contributed by atoms with Gasteiger partial charge in [-0.05, 0) is 37.5 Å². The number of carbonyl (C=O) groups is 2. The van der Waals surface area contributed by atoms with Crippen LogP contribution in [0.2, 0.25) is 0 Å². The number of nitriles is 1. The van der Waals surface area contributed by atoms with Gasteiger partial charge in [0.1, 0.15) is 5.60 Å². The minimum absolute atomic E-state index is 0.0406. The van der Waals surface area contributed by atoms with E-state index in [1.165, 1.54) is 0 Å². The van der Waals surface area contributed by atoms with Gasteiger partial charge in [0.15, 0.2) is 0 Å². The molecule has 0 N–H and O–H groups in total. The molecule has 1 aromatic rings. The number of rotatable bonds is 3. The first-order chi connectivity index (χ1) is 12.6. The summed E-state index contributed by atoms with van der Waals surface area (Å²) >= 11 is 0. The van der Waals surface area contributed by atoms with Gasteiger partial charge in [-0.1, -0.05) is 6.07 Å². The normalized spacial score (nSPS) is 24.4. The highest BCUT2D eigenvalue weighted by molar-refractivity contribution is 5.95. The Morgan fingerprint density at radius 2 is 2.23 bits per heavy atom. The van der Waals surface area contributed by atoms with Crippen LogP contribution in [0.1, 0.15) is 41.6 Å². The molecule has 0 bridgehead atoms. The molecule has 136 valence electrons. The summed E-state index contributed by atoms with van der Waals surface area (Å²) in [5.74, 6) is 0.631. The van der Waals surface area contributed by atoms with Crippen molar-refractivity contribution >= 4 is 11.8 Å². The summed E-state index contributed by atoms with van der Waals surface area (Å²) in [4.78, 5) is 28.1. The maximum absolute atomic E-state index is 12.6. The van der Waals surface area contributed by atoms with Crippen LogP contribution < -0.4 is 0 Å². The molecule has 3 heterocycles. The predicted molar refractivity (Wildman–Crippen MR) is 94.3 cm³/mol. The number of nitrogens with zero attached hydrogens (tertiary/aromatic N) is 3. The van der Waals surface area contributed by atoms with E-state index in [-0.39, 0.29) is 17.4 Å². The summed E-state index contributed by atoms with van der Waals surface area (Å²) in [5, 5.41) is 8.98. The Morgan fingerprint density at radius 1 is 1.38 bits per heavy atom. The molecule has 1 spiro atoms. The van der Waals surface area contributed by atoms with E-state index in [2.05, 4.69) is 6.07 Å². The lowest BCUT2D eigenvalue weighted by Crippen LogP contribution is -2.66. The third-order valence-electron chi connectivity index (χ3n) is 5.77. The van der Waals surface area contributed by atoms with Gasteiger partial charge in [-0.25, -0.2) is 0 Å². The van der Waals surface area contributed by atoms with Crippen LogP contribution in [-0.2, 0) is 9.53 Å². The molecule has 3 saturated heterocycles. The number of hydrogen-bond donors (Lipinski definition) is 0. The molecule has 3 aliphatic rings. The van der Waals surface area contributed by atoms with Gasteiger partial charge >= 0.3 is 0 Å². The molecule has 1 aromatic carbocycles. The summed E-state index contributed by atoms with van der Waals surface area (Å²) < 4.78 is 6.14. The first kappa shape index (κ1) is 17.0. The zero-order valence-corrected chi connectivity index (χ0v) is 14.8. The van der Waals surface area contributed by atoms with E-state index >= 15 is 0 Å². The Kier molecular flexibility index (Phi) is 4.41. The molecule has 0 saturated carbocycles. The summed E-state index contributed by atoms with van der Waals surface area (Å²) in [6, 6.07) is 8.89. The Labute approximate surface area is 153 Å². The lowest BCUT2D eigenvalue weighted by molar-refractivity contribution is -0.169. The number of carbonyl (C=O) groups excluding carboxylic acids is 2. The minimum Gasteiger partial charge on any atom is -0.371 e. The first-order valence-corrected chi connectivity index (χ1v) is 9.30. The molecule has 3 aliphatic heterocycles. The van der Waals surface area contributed by atoms with Gasteiger partial charge in [0.2, 0.25) is 5.91 Å². The van der Waals surface area contributed by atoms with E-state index in [0.29, 0.717) is 43.2 Å². The maximum atomic E-state index is 12.6. The molecule has 0 radical (unpaired) electrons. The van der Waals surface area contributed by atoms with E-state index in [1.54, 1.807) is 29.2 Å². The van der Waals surface area contributed by atoms with E-state index in [0.717, 1.165) is 32.4 Å². The van der Waals surface area contributed by atoms with Crippen LogP contribution >= 0.6 is 0 Å². The Balaban J connectivity index is 1.29. The molecular weight excluding hydrogens is 330 g/mol. The monoisotopic (exact) mass is 353 g/mol. The number of hydrogen-bond acceptors (Lipinski definition) is 4. The summed E-state index contributed by atoms with van der Waals surface area (Å²) in [7, 11) is 0. The van der Waals surface area contributed by atoms with Crippen molar-refractivity contribution < 1.29 is 14.3 Å². The molecule has 26 heavy (non-hydrogen) atoms. The Bertz CT molecular complexity index is 754. The number of amides is 2. The van der Waals surface area contributed by atoms with Crippen molar-refractivity contribution in [1.82, 2.24) is 9.80 Å². The lowest BCUT2D eigenvalue weighted by atomic mass is 9.82. The van der Waals surface area contributed by atoms with Crippen molar-refractivity contribution in [3.8, 4) is 6.07 Å². The lowest BCUT2D eigenvalue weighted by Gasteiger charge is -2.53. The van der Waals surface area contributed by atoms with Gasteiger partial charge < -0.3 is 14.5 Å². The SMILES string of the molecule is N#Cc1cccc(C(=O)N2CC3(CCC(CN4CCCC4=O)CO3)C2)c1. The highest BCUT2D eigenvalue weighted by Crippen LogP contribution is 2.37. The van der Waals surface area contributed by atoms with Crippen molar-refractivity contribution in [2.45, 2.75) is 31.3 Å². The van der Waals surface area contributed by atoms with Gasteiger partial charge in [0.05, 0.1) is 31.3 Å². The molecule has 0 aromatic heterocycles. The molecule has 3 fully saturated rings. The van der Waals surface area contributed by atoms with Crippen molar-refractivity contribution in [2.75, 3.05) is 32.8 Å². The molecular formula is C20H23N3O3. The van der Waals surface area contributed by atoms with Gasteiger partial charge in [0, 0.05) is 31.0 Å². The molecule has 2 amide bonds. The second-order valence-electron chi connectivity index (χ2n) is 7.70. The third kappa shape index (κ3) is 3.19. The molecule has 6 heteroatoms. The smallest absolute Gasteiger partial charge is 0.254 e. The van der Waals surface area contributed by atoms with Crippen LogP contribution in [0.4, 0.5) is 0 Å². The van der Waals surface area contributed by atoms with Crippen LogP contribution in [0.25, 0.3) is 0 Å². The number of benzene rings is 1. The first-order valence-electron chi connectivity index (χ1n) is 9.30. The molecule has 0 aliphatic carbocycles. The van der Waals surface area contributed by atoms with Gasteiger partial charge in [0.25, 0.3) is 5.91 Å². The Morgan fingerprint density at radius 3 is 2.88 bits per heavy atom. The standard InChI is InChI=1S/C20H23N3O3/c21-10-15-3-1-4-17(9-15)19(25)23-13-20(14-23)7-6-16(12-26-20)11-22-8-2-5-18(22)24/h1,3-4,9,16H,2,5-8,11-14H2. The highest BCUT2D eigenvalue weighted by atomic mass is 16.5. The topological polar surface area (TPSA) is 73.6 Å². The number of ether oxygens (including phenoxy) is 1.